The summed E-state index contributed by atoms with van der Waals surface area (Å²) < 4.78 is 35.6. The largest absolute Gasteiger partial charge is 0.450 e. The summed E-state index contributed by atoms with van der Waals surface area (Å²) in [5.41, 5.74) is -0.249. The molecule has 0 fully saturated rings. The van der Waals surface area contributed by atoms with Gasteiger partial charge in [0.15, 0.2) is 0 Å². The first-order valence-electron chi connectivity index (χ1n) is 11.2. The number of carbonyl (C=O) groups is 1. The van der Waals surface area contributed by atoms with Gasteiger partial charge in [-0.2, -0.15) is 0 Å². The Balaban J connectivity index is 1.76. The standard InChI is InChI=1S/C25H20ClF2N3O4S/c1-2-35-25(34)29-11-10-16-20(13-29)36-23-21(16)22(32)31(15-8-6-14(27)7-9-15)24(33)30(23)12-17-18(26)4-3-5-19(17)28/h3-9H,2,10-13H2,1H3. The minimum absolute atomic E-state index is 0.103. The van der Waals surface area contributed by atoms with Gasteiger partial charge in [0.25, 0.3) is 5.56 Å². The normalized spacial score (nSPS) is 13.2. The number of ether oxygens (including phenoxy) is 1. The van der Waals surface area contributed by atoms with Crippen molar-refractivity contribution in [3.8, 4) is 5.69 Å². The zero-order valence-electron chi connectivity index (χ0n) is 19.1. The van der Waals surface area contributed by atoms with E-state index in [4.69, 9.17) is 16.3 Å². The van der Waals surface area contributed by atoms with Crippen molar-refractivity contribution >= 4 is 39.2 Å². The van der Waals surface area contributed by atoms with E-state index in [1.807, 2.05) is 0 Å². The quantitative estimate of drug-likeness (QED) is 0.382. The Kier molecular flexibility index (Phi) is 6.40. The maximum atomic E-state index is 14.7. The summed E-state index contributed by atoms with van der Waals surface area (Å²) >= 11 is 7.46. The SMILES string of the molecule is CCOC(=O)N1CCc2c(sc3c2c(=O)n(-c2ccc(F)cc2)c(=O)n3Cc2c(F)cccc2Cl)C1. The molecule has 1 amide bonds. The molecule has 0 spiro atoms. The molecule has 36 heavy (non-hydrogen) atoms. The van der Waals surface area contributed by atoms with Crippen LogP contribution in [0.4, 0.5) is 13.6 Å². The van der Waals surface area contributed by atoms with Gasteiger partial charge in [-0.25, -0.2) is 22.9 Å². The molecular weight excluding hydrogens is 512 g/mol. The predicted molar refractivity (Wildman–Crippen MR) is 133 cm³/mol. The zero-order valence-corrected chi connectivity index (χ0v) is 20.7. The number of benzene rings is 2. The summed E-state index contributed by atoms with van der Waals surface area (Å²) in [6.45, 7) is 2.30. The third-order valence-corrected chi connectivity index (χ3v) is 7.71. The lowest BCUT2D eigenvalue weighted by Gasteiger charge is -2.25. The van der Waals surface area contributed by atoms with Crippen LogP contribution in [0.25, 0.3) is 15.9 Å². The van der Waals surface area contributed by atoms with Gasteiger partial charge in [0.1, 0.15) is 16.5 Å². The lowest BCUT2D eigenvalue weighted by molar-refractivity contribution is 0.103. The van der Waals surface area contributed by atoms with Crippen LogP contribution in [-0.2, 0) is 24.2 Å². The Labute approximate surface area is 212 Å². The molecule has 0 radical (unpaired) electrons. The molecule has 1 aliphatic rings. The first-order valence-corrected chi connectivity index (χ1v) is 12.4. The fourth-order valence-electron chi connectivity index (χ4n) is 4.38. The molecule has 0 atom stereocenters. The first-order chi connectivity index (χ1) is 17.3. The molecule has 0 saturated carbocycles. The number of halogens is 3. The molecule has 11 heteroatoms. The van der Waals surface area contributed by atoms with Gasteiger partial charge < -0.3 is 9.64 Å². The highest BCUT2D eigenvalue weighted by Crippen LogP contribution is 2.34. The van der Waals surface area contributed by atoms with Gasteiger partial charge in [-0.05, 0) is 55.3 Å². The Bertz CT molecular complexity index is 1590. The second kappa shape index (κ2) is 9.51. The van der Waals surface area contributed by atoms with E-state index in [-0.39, 0.29) is 36.0 Å². The molecule has 7 nitrogen and oxygen atoms in total. The van der Waals surface area contributed by atoms with E-state index in [1.165, 1.54) is 51.1 Å². The number of rotatable bonds is 4. The lowest BCUT2D eigenvalue weighted by Crippen LogP contribution is -2.39. The van der Waals surface area contributed by atoms with Gasteiger partial charge in [-0.15, -0.1) is 11.3 Å². The summed E-state index contributed by atoms with van der Waals surface area (Å²) in [6, 6.07) is 9.22. The van der Waals surface area contributed by atoms with E-state index >= 15 is 0 Å². The molecule has 0 N–H and O–H groups in total. The van der Waals surface area contributed by atoms with Crippen molar-refractivity contribution in [2.45, 2.75) is 26.4 Å². The van der Waals surface area contributed by atoms with E-state index in [0.29, 0.717) is 23.2 Å². The maximum absolute atomic E-state index is 14.7. The number of hydrogen-bond acceptors (Lipinski definition) is 5. The summed E-state index contributed by atoms with van der Waals surface area (Å²) in [7, 11) is 0. The molecule has 186 valence electrons. The van der Waals surface area contributed by atoms with Crippen LogP contribution in [0.5, 0.6) is 0 Å². The molecule has 3 heterocycles. The first kappa shape index (κ1) is 24.2. The van der Waals surface area contributed by atoms with Crippen LogP contribution in [0.3, 0.4) is 0 Å². The number of nitrogens with zero attached hydrogens (tertiary/aromatic N) is 3. The highest BCUT2D eigenvalue weighted by Gasteiger charge is 2.29. The second-order valence-corrected chi connectivity index (χ2v) is 9.73. The van der Waals surface area contributed by atoms with Crippen molar-refractivity contribution in [1.82, 2.24) is 14.0 Å². The number of amides is 1. The minimum atomic E-state index is -0.709. The average molecular weight is 532 g/mol. The summed E-state index contributed by atoms with van der Waals surface area (Å²) in [4.78, 5) is 42.3. The van der Waals surface area contributed by atoms with Crippen molar-refractivity contribution in [2.24, 2.45) is 0 Å². The third kappa shape index (κ3) is 4.10. The number of carbonyl (C=O) groups excluding carboxylic acids is 1. The Morgan fingerprint density at radius 1 is 1.14 bits per heavy atom. The summed E-state index contributed by atoms with van der Waals surface area (Å²) in [6.07, 6.45) is -0.0780. The van der Waals surface area contributed by atoms with Gasteiger partial charge in [-0.1, -0.05) is 17.7 Å². The van der Waals surface area contributed by atoms with Crippen molar-refractivity contribution in [3.63, 3.8) is 0 Å². The summed E-state index contributed by atoms with van der Waals surface area (Å²) in [5, 5.41) is 0.458. The highest BCUT2D eigenvalue weighted by atomic mass is 35.5. The van der Waals surface area contributed by atoms with Crippen LogP contribution in [0.2, 0.25) is 5.02 Å². The molecule has 2 aromatic heterocycles. The Hall–Kier alpha value is -3.50. The smallest absolute Gasteiger partial charge is 0.410 e. The topological polar surface area (TPSA) is 73.5 Å². The molecule has 0 aliphatic carbocycles. The van der Waals surface area contributed by atoms with Crippen LogP contribution < -0.4 is 11.2 Å². The highest BCUT2D eigenvalue weighted by molar-refractivity contribution is 7.18. The van der Waals surface area contributed by atoms with Gasteiger partial charge >= 0.3 is 11.8 Å². The second-order valence-electron chi connectivity index (χ2n) is 8.24. The monoisotopic (exact) mass is 531 g/mol. The van der Waals surface area contributed by atoms with Crippen LogP contribution in [-0.4, -0.2) is 33.3 Å². The Morgan fingerprint density at radius 3 is 2.58 bits per heavy atom. The van der Waals surface area contributed by atoms with Gasteiger partial charge in [0.05, 0.1) is 30.8 Å². The molecule has 0 saturated heterocycles. The molecule has 1 aliphatic heterocycles. The van der Waals surface area contributed by atoms with Crippen LogP contribution >= 0.6 is 22.9 Å². The molecule has 0 bridgehead atoms. The van der Waals surface area contributed by atoms with E-state index in [1.54, 1.807) is 6.92 Å². The summed E-state index contributed by atoms with van der Waals surface area (Å²) in [5.74, 6) is -1.10. The maximum Gasteiger partial charge on any atom is 0.410 e. The Morgan fingerprint density at radius 2 is 1.89 bits per heavy atom. The molecule has 0 unspecified atom stereocenters. The van der Waals surface area contributed by atoms with E-state index in [0.717, 1.165) is 27.1 Å². The molecule has 2 aromatic carbocycles. The molecular formula is C25H20ClF2N3O4S. The number of hydrogen-bond donors (Lipinski definition) is 0. The predicted octanol–water partition coefficient (Wildman–Crippen LogP) is 4.71. The molecule has 4 aromatic rings. The minimum Gasteiger partial charge on any atom is -0.450 e. The number of aromatic nitrogens is 2. The zero-order chi connectivity index (χ0) is 25.6. The molecule has 5 rings (SSSR count). The van der Waals surface area contributed by atoms with Gasteiger partial charge in [-0.3, -0.25) is 9.36 Å². The third-order valence-electron chi connectivity index (χ3n) is 6.11. The van der Waals surface area contributed by atoms with Crippen LogP contribution in [0.15, 0.2) is 52.1 Å². The van der Waals surface area contributed by atoms with Crippen LogP contribution in [0.1, 0.15) is 22.9 Å². The number of thiophene rings is 1. The van der Waals surface area contributed by atoms with Crippen molar-refractivity contribution in [3.05, 3.63) is 96.0 Å². The lowest BCUT2D eigenvalue weighted by atomic mass is 10.1. The van der Waals surface area contributed by atoms with Crippen LogP contribution in [0, 0.1) is 11.6 Å². The van der Waals surface area contributed by atoms with E-state index in [2.05, 4.69) is 0 Å². The van der Waals surface area contributed by atoms with Crippen molar-refractivity contribution in [1.29, 1.82) is 0 Å². The van der Waals surface area contributed by atoms with Crippen molar-refractivity contribution in [2.75, 3.05) is 13.2 Å². The van der Waals surface area contributed by atoms with Gasteiger partial charge in [0.2, 0.25) is 0 Å². The van der Waals surface area contributed by atoms with Gasteiger partial charge in [0, 0.05) is 22.0 Å². The number of fused-ring (bicyclic) bond motifs is 3. The fraction of sp³-hybridized carbons (Fsp3) is 0.240. The van der Waals surface area contributed by atoms with E-state index < -0.39 is 29.0 Å². The van der Waals surface area contributed by atoms with E-state index in [9.17, 15) is 23.2 Å². The average Bonchev–Trinajstić information content (AvgIpc) is 3.23. The fourth-order valence-corrected chi connectivity index (χ4v) is 5.94. The van der Waals surface area contributed by atoms with Crippen molar-refractivity contribution < 1.29 is 18.3 Å².